The molecular formula is C16H16BrNO3. The van der Waals surface area contributed by atoms with Crippen LogP contribution in [0.4, 0.5) is 5.69 Å². The summed E-state index contributed by atoms with van der Waals surface area (Å²) in [6.45, 7) is 3.57. The fourth-order valence-electron chi connectivity index (χ4n) is 1.97. The molecule has 1 amide bonds. The maximum Gasteiger partial charge on any atom is 0.256 e. The number of phenols is 1. The van der Waals surface area contributed by atoms with Crippen LogP contribution in [0, 0.1) is 13.8 Å². The first-order chi connectivity index (χ1) is 9.93. The molecule has 0 aliphatic rings. The molecule has 0 aliphatic carbocycles. The molecular weight excluding hydrogens is 334 g/mol. The van der Waals surface area contributed by atoms with Gasteiger partial charge in [-0.3, -0.25) is 4.79 Å². The molecule has 0 unspecified atom stereocenters. The number of carbonyl (C=O) groups excluding carboxylic acids is 1. The number of aromatic hydroxyl groups is 1. The number of methoxy groups -OCH3 is 1. The average Bonchev–Trinajstić information content (AvgIpc) is 2.48. The van der Waals surface area contributed by atoms with Gasteiger partial charge in [0.25, 0.3) is 5.91 Å². The smallest absolute Gasteiger partial charge is 0.256 e. The van der Waals surface area contributed by atoms with Crippen molar-refractivity contribution in [3.8, 4) is 11.5 Å². The van der Waals surface area contributed by atoms with Crippen molar-refractivity contribution in [1.82, 2.24) is 0 Å². The van der Waals surface area contributed by atoms with Crippen molar-refractivity contribution in [1.29, 1.82) is 0 Å². The van der Waals surface area contributed by atoms with Crippen LogP contribution < -0.4 is 10.1 Å². The molecule has 0 heterocycles. The van der Waals surface area contributed by atoms with Gasteiger partial charge in [0.15, 0.2) is 0 Å². The van der Waals surface area contributed by atoms with Gasteiger partial charge in [-0.1, -0.05) is 6.07 Å². The van der Waals surface area contributed by atoms with Crippen LogP contribution >= 0.6 is 15.9 Å². The molecule has 0 spiro atoms. The molecule has 0 aromatic heterocycles. The molecule has 0 aliphatic heterocycles. The van der Waals surface area contributed by atoms with Gasteiger partial charge in [-0.2, -0.15) is 0 Å². The van der Waals surface area contributed by atoms with E-state index in [-0.39, 0.29) is 11.7 Å². The summed E-state index contributed by atoms with van der Waals surface area (Å²) >= 11 is 3.35. The summed E-state index contributed by atoms with van der Waals surface area (Å²) in [6.07, 6.45) is 0. The molecule has 2 N–H and O–H groups in total. The Bertz CT molecular complexity index is 698. The van der Waals surface area contributed by atoms with E-state index in [0.717, 1.165) is 5.56 Å². The van der Waals surface area contributed by atoms with Crippen LogP contribution in [0.5, 0.6) is 11.5 Å². The van der Waals surface area contributed by atoms with Gasteiger partial charge in [0, 0.05) is 15.7 Å². The number of aryl methyl sites for hydroxylation is 1. The highest BCUT2D eigenvalue weighted by Gasteiger charge is 2.14. The molecule has 0 saturated heterocycles. The molecule has 2 aromatic rings. The van der Waals surface area contributed by atoms with Gasteiger partial charge in [-0.25, -0.2) is 0 Å². The first kappa shape index (κ1) is 15.4. The van der Waals surface area contributed by atoms with Crippen molar-refractivity contribution in [2.24, 2.45) is 0 Å². The predicted molar refractivity (Wildman–Crippen MR) is 86.2 cm³/mol. The Kier molecular flexibility index (Phi) is 4.53. The molecule has 0 fully saturated rings. The van der Waals surface area contributed by atoms with Gasteiger partial charge in [0.1, 0.15) is 11.5 Å². The van der Waals surface area contributed by atoms with Crippen LogP contribution in [0.15, 0.2) is 34.8 Å². The molecule has 0 saturated carbocycles. The third-order valence-electron chi connectivity index (χ3n) is 3.30. The average molecular weight is 350 g/mol. The van der Waals surface area contributed by atoms with Gasteiger partial charge >= 0.3 is 0 Å². The van der Waals surface area contributed by atoms with Crippen LogP contribution in [0.25, 0.3) is 0 Å². The van der Waals surface area contributed by atoms with Crippen LogP contribution in [0.1, 0.15) is 21.5 Å². The number of amides is 1. The second kappa shape index (κ2) is 6.18. The normalized spacial score (nSPS) is 10.3. The molecule has 0 radical (unpaired) electrons. The van der Waals surface area contributed by atoms with Crippen LogP contribution in [-0.2, 0) is 0 Å². The molecule has 21 heavy (non-hydrogen) atoms. The third kappa shape index (κ3) is 3.19. The monoisotopic (exact) mass is 349 g/mol. The van der Waals surface area contributed by atoms with E-state index in [4.69, 9.17) is 4.74 Å². The molecule has 5 heteroatoms. The number of ether oxygens (including phenoxy) is 1. The lowest BCUT2D eigenvalue weighted by atomic mass is 10.1. The van der Waals surface area contributed by atoms with Crippen molar-refractivity contribution >= 4 is 27.5 Å². The molecule has 2 aromatic carbocycles. The number of hydrogen-bond acceptors (Lipinski definition) is 3. The van der Waals surface area contributed by atoms with Crippen molar-refractivity contribution in [2.75, 3.05) is 12.4 Å². The molecule has 110 valence electrons. The van der Waals surface area contributed by atoms with Crippen LogP contribution in [0.3, 0.4) is 0 Å². The number of benzene rings is 2. The highest BCUT2D eigenvalue weighted by Crippen LogP contribution is 2.29. The maximum absolute atomic E-state index is 12.4. The lowest BCUT2D eigenvalue weighted by Crippen LogP contribution is -2.13. The van der Waals surface area contributed by atoms with Gasteiger partial charge in [0.2, 0.25) is 0 Å². The number of rotatable bonds is 3. The minimum Gasteiger partial charge on any atom is -0.507 e. The van der Waals surface area contributed by atoms with E-state index < -0.39 is 0 Å². The largest absolute Gasteiger partial charge is 0.507 e. The Morgan fingerprint density at radius 2 is 1.95 bits per heavy atom. The SMILES string of the molecule is COc1ccc(Br)c(C(=O)Nc2ccc(C)c(O)c2C)c1. The predicted octanol–water partition coefficient (Wildman–Crippen LogP) is 4.03. The number of nitrogens with one attached hydrogen (secondary N) is 1. The quantitative estimate of drug-likeness (QED) is 0.879. The van der Waals surface area contributed by atoms with E-state index in [1.807, 2.05) is 6.92 Å². The van der Waals surface area contributed by atoms with E-state index >= 15 is 0 Å². The number of anilines is 1. The highest BCUT2D eigenvalue weighted by atomic mass is 79.9. The Morgan fingerprint density at radius 1 is 1.24 bits per heavy atom. The van der Waals surface area contributed by atoms with E-state index in [2.05, 4.69) is 21.2 Å². The van der Waals surface area contributed by atoms with E-state index in [0.29, 0.717) is 27.0 Å². The minimum absolute atomic E-state index is 0.192. The Labute approximate surface area is 131 Å². The number of carbonyl (C=O) groups is 1. The summed E-state index contributed by atoms with van der Waals surface area (Å²) in [5.41, 5.74) is 2.46. The van der Waals surface area contributed by atoms with Crippen molar-refractivity contribution < 1.29 is 14.6 Å². The summed E-state index contributed by atoms with van der Waals surface area (Å²) in [6, 6.07) is 8.72. The first-order valence-corrected chi connectivity index (χ1v) is 7.17. The highest BCUT2D eigenvalue weighted by molar-refractivity contribution is 9.10. The summed E-state index contributed by atoms with van der Waals surface area (Å²) in [5.74, 6) is 0.525. The minimum atomic E-state index is -0.271. The molecule has 0 atom stereocenters. The van der Waals surface area contributed by atoms with Gasteiger partial charge < -0.3 is 15.2 Å². The summed E-state index contributed by atoms with van der Waals surface area (Å²) in [7, 11) is 1.55. The molecule has 0 bridgehead atoms. The zero-order chi connectivity index (χ0) is 15.6. The van der Waals surface area contributed by atoms with Crippen molar-refractivity contribution in [3.63, 3.8) is 0 Å². The zero-order valence-corrected chi connectivity index (χ0v) is 13.6. The number of hydrogen-bond donors (Lipinski definition) is 2. The van der Waals surface area contributed by atoms with Crippen molar-refractivity contribution in [3.05, 3.63) is 51.5 Å². The topological polar surface area (TPSA) is 58.6 Å². The lowest BCUT2D eigenvalue weighted by molar-refractivity contribution is 0.102. The van der Waals surface area contributed by atoms with Crippen LogP contribution in [0.2, 0.25) is 0 Å². The first-order valence-electron chi connectivity index (χ1n) is 6.38. The molecule has 2 rings (SSSR count). The summed E-state index contributed by atoms with van der Waals surface area (Å²) < 4.78 is 5.80. The third-order valence-corrected chi connectivity index (χ3v) is 3.99. The Balaban J connectivity index is 2.32. The molecule has 4 nitrogen and oxygen atoms in total. The van der Waals surface area contributed by atoms with Crippen LogP contribution in [-0.4, -0.2) is 18.1 Å². The standard InChI is InChI=1S/C16H16BrNO3/c1-9-4-7-14(10(2)15(9)19)18-16(20)12-8-11(21-3)5-6-13(12)17/h4-8,19H,1-3H3,(H,18,20). The van der Waals surface area contributed by atoms with Crippen molar-refractivity contribution in [2.45, 2.75) is 13.8 Å². The Hall–Kier alpha value is -2.01. The van der Waals surface area contributed by atoms with Gasteiger partial charge in [-0.15, -0.1) is 0 Å². The number of halogens is 1. The Morgan fingerprint density at radius 3 is 2.62 bits per heavy atom. The lowest BCUT2D eigenvalue weighted by Gasteiger charge is -2.12. The second-order valence-electron chi connectivity index (χ2n) is 4.70. The second-order valence-corrected chi connectivity index (χ2v) is 5.56. The van der Waals surface area contributed by atoms with E-state index in [1.165, 1.54) is 0 Å². The fourth-order valence-corrected chi connectivity index (χ4v) is 2.39. The zero-order valence-electron chi connectivity index (χ0n) is 12.0. The van der Waals surface area contributed by atoms with Gasteiger partial charge in [-0.05, 0) is 59.6 Å². The maximum atomic E-state index is 12.4. The number of phenolic OH excluding ortho intramolecular Hbond substituents is 1. The fraction of sp³-hybridized carbons (Fsp3) is 0.188. The summed E-state index contributed by atoms with van der Waals surface area (Å²) in [5, 5.41) is 12.7. The van der Waals surface area contributed by atoms with E-state index in [9.17, 15) is 9.90 Å². The van der Waals surface area contributed by atoms with E-state index in [1.54, 1.807) is 44.4 Å². The van der Waals surface area contributed by atoms with Gasteiger partial charge in [0.05, 0.1) is 12.7 Å². The summed E-state index contributed by atoms with van der Waals surface area (Å²) in [4.78, 5) is 12.4.